The third-order valence-corrected chi connectivity index (χ3v) is 11.2. The van der Waals surface area contributed by atoms with E-state index in [9.17, 15) is 26.7 Å². The van der Waals surface area contributed by atoms with Gasteiger partial charge < -0.3 is 15.3 Å². The molecule has 13 heteroatoms. The first kappa shape index (κ1) is 23.4. The van der Waals surface area contributed by atoms with Gasteiger partial charge in [0, 0.05) is 30.6 Å². The second-order valence-electron chi connectivity index (χ2n) is 10.4. The molecule has 1 aromatic rings. The Bertz CT molecular complexity index is 1380. The van der Waals surface area contributed by atoms with Gasteiger partial charge in [-0.25, -0.2) is 13.1 Å². The molecule has 6 rings (SSSR count). The number of carbonyl (C=O) groups excluding carboxylic acids is 1. The summed E-state index contributed by atoms with van der Waals surface area (Å²) in [6.45, 7) is 0.418. The molecule has 1 aromatic heterocycles. The van der Waals surface area contributed by atoms with Gasteiger partial charge in [0.2, 0.25) is 10.0 Å². The zero-order chi connectivity index (χ0) is 24.7. The maximum Gasteiger partial charge on any atom is 0.287 e. The average Bonchev–Trinajstić information content (AvgIpc) is 3.16. The van der Waals surface area contributed by atoms with Crippen LogP contribution in [0.15, 0.2) is 26.0 Å². The third kappa shape index (κ3) is 4.00. The molecular weight excluding hydrogens is 512 g/mol. The van der Waals surface area contributed by atoms with Crippen molar-refractivity contribution in [2.75, 3.05) is 18.1 Å². The van der Waals surface area contributed by atoms with Gasteiger partial charge in [0.25, 0.3) is 15.9 Å². The number of nitrogens with zero attached hydrogens (tertiary/aromatic N) is 2. The van der Waals surface area contributed by atoms with E-state index in [1.165, 1.54) is 12.8 Å². The molecule has 1 amide bonds. The molecule has 3 aliphatic carbocycles. The summed E-state index contributed by atoms with van der Waals surface area (Å²) in [5.41, 5.74) is 0.228. The highest BCUT2D eigenvalue weighted by molar-refractivity contribution is 7.91. The van der Waals surface area contributed by atoms with Crippen molar-refractivity contribution in [1.82, 2.24) is 9.62 Å². The molecule has 3 heterocycles. The molecule has 0 radical (unpaired) electrons. The van der Waals surface area contributed by atoms with Crippen LogP contribution in [0.5, 0.6) is 0 Å². The lowest BCUT2D eigenvalue weighted by atomic mass is 9.77. The summed E-state index contributed by atoms with van der Waals surface area (Å²) in [4.78, 5) is 15.5. The number of nitrogens with one attached hydrogen (secondary N) is 2. The van der Waals surface area contributed by atoms with Gasteiger partial charge in [-0.3, -0.25) is 4.79 Å². The predicted octanol–water partition coefficient (Wildman–Crippen LogP) is 2.18. The highest BCUT2D eigenvalue weighted by atomic mass is 32.2. The zero-order valence-corrected chi connectivity index (χ0v) is 21.7. The predicted molar refractivity (Wildman–Crippen MR) is 131 cm³/mol. The van der Waals surface area contributed by atoms with Gasteiger partial charge in [-0.2, -0.15) is 8.42 Å². The first-order chi connectivity index (χ1) is 16.5. The number of amidine groups is 1. The fourth-order valence-corrected chi connectivity index (χ4v) is 9.36. The Balaban J connectivity index is 1.37. The van der Waals surface area contributed by atoms with E-state index in [0.29, 0.717) is 18.4 Å². The van der Waals surface area contributed by atoms with Crippen LogP contribution < -0.4 is 10.0 Å². The minimum Gasteiger partial charge on any atom is -0.511 e. The Morgan fingerprint density at radius 1 is 1.26 bits per heavy atom. The Kier molecular flexibility index (Phi) is 5.37. The van der Waals surface area contributed by atoms with E-state index in [2.05, 4.69) is 14.4 Å². The summed E-state index contributed by atoms with van der Waals surface area (Å²) in [6, 6.07) is -0.0319. The van der Waals surface area contributed by atoms with Gasteiger partial charge in [-0.15, -0.1) is 15.7 Å². The average molecular weight is 541 g/mol. The van der Waals surface area contributed by atoms with Gasteiger partial charge in [0.05, 0.1) is 6.26 Å². The topological polar surface area (TPSA) is 145 Å². The molecule has 3 saturated carbocycles. The molecule has 0 aromatic carbocycles. The highest BCUT2D eigenvalue weighted by Gasteiger charge is 2.57. The first-order valence-electron chi connectivity index (χ1n) is 11.9. The molecule has 35 heavy (non-hydrogen) atoms. The van der Waals surface area contributed by atoms with E-state index in [-0.39, 0.29) is 63.0 Å². The molecule has 2 unspecified atom stereocenters. The number of hydrogen-bond donors (Lipinski definition) is 3. The maximum atomic E-state index is 13.7. The number of anilines is 1. The van der Waals surface area contributed by atoms with Gasteiger partial charge in [-0.05, 0) is 48.8 Å². The molecule has 190 valence electrons. The molecule has 0 saturated heterocycles. The largest absolute Gasteiger partial charge is 0.511 e. The minimum absolute atomic E-state index is 0.0319. The van der Waals surface area contributed by atoms with Crippen LogP contribution in [0.25, 0.3) is 0 Å². The summed E-state index contributed by atoms with van der Waals surface area (Å²) in [6.07, 6.45) is 7.31. The highest BCUT2D eigenvalue weighted by Crippen LogP contribution is 2.55. The molecule has 4 atom stereocenters. The van der Waals surface area contributed by atoms with Crippen molar-refractivity contribution in [3.8, 4) is 0 Å². The van der Waals surface area contributed by atoms with Gasteiger partial charge >= 0.3 is 0 Å². The number of thiophene rings is 1. The summed E-state index contributed by atoms with van der Waals surface area (Å²) in [5, 5.41) is 16.1. The maximum absolute atomic E-state index is 13.7. The van der Waals surface area contributed by atoms with Crippen LogP contribution in [0.3, 0.4) is 0 Å². The van der Waals surface area contributed by atoms with Crippen LogP contribution in [0.4, 0.5) is 5.00 Å². The molecule has 2 aliphatic heterocycles. The lowest BCUT2D eigenvalue weighted by molar-refractivity contribution is -0.133. The van der Waals surface area contributed by atoms with Crippen molar-refractivity contribution in [3.63, 3.8) is 0 Å². The smallest absolute Gasteiger partial charge is 0.287 e. The molecule has 10 nitrogen and oxygen atoms in total. The quantitative estimate of drug-likeness (QED) is 0.481. The lowest BCUT2D eigenvalue weighted by Gasteiger charge is -2.44. The standard InChI is InChI=1S/C22H28N4O6S3/c1-34(29,30)23-9-14-10-33-21-19(14)35(31,32)25-20(24-21)16-18(27)15-12-4-5-13(8-12)17(15)26(22(16)28)7-6-11-2-3-11/h10-13,15,17,23,27H,2-9H2,1H3,(H,24,25)/t12-,13+,15?,17?/m0/s1. The summed E-state index contributed by atoms with van der Waals surface area (Å²) < 4.78 is 55.5. The number of aliphatic hydroxyl groups is 1. The molecule has 5 aliphatic rings. The normalized spacial score (nSPS) is 31.3. The summed E-state index contributed by atoms with van der Waals surface area (Å²) in [5.74, 6) is 0.543. The van der Waals surface area contributed by atoms with Crippen LogP contribution in [0.2, 0.25) is 0 Å². The number of fused-ring (bicyclic) bond motifs is 6. The second kappa shape index (κ2) is 8.02. The van der Waals surface area contributed by atoms with E-state index in [1.807, 2.05) is 4.90 Å². The van der Waals surface area contributed by atoms with Gasteiger partial charge in [0.1, 0.15) is 21.2 Å². The fourth-order valence-electron chi connectivity index (χ4n) is 6.34. The third-order valence-electron chi connectivity index (χ3n) is 8.03. The second-order valence-corrected chi connectivity index (χ2v) is 14.6. The van der Waals surface area contributed by atoms with Crippen molar-refractivity contribution in [2.45, 2.75) is 56.0 Å². The summed E-state index contributed by atoms with van der Waals surface area (Å²) in [7, 11) is -7.74. The summed E-state index contributed by atoms with van der Waals surface area (Å²) >= 11 is 1.09. The van der Waals surface area contributed by atoms with Crippen LogP contribution in [0.1, 0.15) is 44.1 Å². The van der Waals surface area contributed by atoms with Crippen LogP contribution in [0, 0.1) is 23.7 Å². The van der Waals surface area contributed by atoms with E-state index >= 15 is 0 Å². The Hall–Kier alpha value is -1.96. The zero-order valence-electron chi connectivity index (χ0n) is 19.2. The van der Waals surface area contributed by atoms with E-state index < -0.39 is 20.0 Å². The number of hydrogen-bond acceptors (Lipinski definition) is 8. The van der Waals surface area contributed by atoms with Gasteiger partial charge in [0.15, 0.2) is 5.84 Å². The van der Waals surface area contributed by atoms with E-state index in [4.69, 9.17) is 0 Å². The van der Waals surface area contributed by atoms with Crippen molar-refractivity contribution in [3.05, 3.63) is 22.3 Å². The number of aliphatic hydroxyl groups excluding tert-OH is 1. The SMILES string of the molecule is CS(=O)(=O)NCc1csc2c1S(=O)(=O)N=C(C1=C(O)C3C([C@@H]4CC[C@H]3C4)N(CCC3CC3)C1=O)N2. The minimum atomic E-state index is -4.22. The van der Waals surface area contributed by atoms with Crippen molar-refractivity contribution in [1.29, 1.82) is 0 Å². The molecule has 3 fully saturated rings. The number of carbonyl (C=O) groups is 1. The number of amides is 1. The van der Waals surface area contributed by atoms with Crippen LogP contribution >= 0.6 is 11.3 Å². The molecular formula is C22H28N4O6S3. The van der Waals surface area contributed by atoms with Crippen molar-refractivity contribution in [2.24, 2.45) is 28.1 Å². The number of sulfonamides is 2. The fraction of sp³-hybridized carbons (Fsp3) is 0.636. The van der Waals surface area contributed by atoms with Gasteiger partial charge in [-0.1, -0.05) is 12.8 Å². The van der Waals surface area contributed by atoms with E-state index in [1.54, 1.807) is 5.38 Å². The number of rotatable bonds is 7. The molecule has 2 bridgehead atoms. The Morgan fingerprint density at radius 2 is 2.00 bits per heavy atom. The Morgan fingerprint density at radius 3 is 2.71 bits per heavy atom. The van der Waals surface area contributed by atoms with Crippen LogP contribution in [-0.4, -0.2) is 57.4 Å². The van der Waals surface area contributed by atoms with Crippen molar-refractivity contribution < 1.29 is 26.7 Å². The van der Waals surface area contributed by atoms with Crippen molar-refractivity contribution >= 4 is 48.1 Å². The molecule has 3 N–H and O–H groups in total. The van der Waals surface area contributed by atoms with E-state index in [0.717, 1.165) is 43.3 Å². The monoisotopic (exact) mass is 540 g/mol. The molecule has 0 spiro atoms. The Labute approximate surface area is 208 Å². The first-order valence-corrected chi connectivity index (χ1v) is 16.2. The lowest BCUT2D eigenvalue weighted by Crippen LogP contribution is -2.54. The van der Waals surface area contributed by atoms with Crippen LogP contribution in [-0.2, 0) is 31.4 Å².